The number of nitrogens with two attached hydrogens (primary N) is 1. The van der Waals surface area contributed by atoms with E-state index >= 15 is 0 Å². The Morgan fingerprint density at radius 1 is 1.28 bits per heavy atom. The normalized spacial score (nSPS) is 11.6. The predicted octanol–water partition coefficient (Wildman–Crippen LogP) is 2.79. The Kier molecular flexibility index (Phi) is 4.04. The van der Waals surface area contributed by atoms with E-state index in [0.29, 0.717) is 12.6 Å². The van der Waals surface area contributed by atoms with Crippen molar-refractivity contribution in [2.45, 2.75) is 39.9 Å². The Labute approximate surface area is 109 Å². The zero-order chi connectivity index (χ0) is 13.1. The summed E-state index contributed by atoms with van der Waals surface area (Å²) in [6.07, 6.45) is 0. The molecule has 0 aliphatic carbocycles. The number of nitrogens with zero attached hydrogens (tertiary/aromatic N) is 1. The van der Waals surface area contributed by atoms with Crippen molar-refractivity contribution in [2.75, 3.05) is 6.54 Å². The molecule has 1 aromatic heterocycles. The van der Waals surface area contributed by atoms with Crippen LogP contribution in [0.4, 0.5) is 0 Å². The van der Waals surface area contributed by atoms with Gasteiger partial charge in [0.05, 0.1) is 0 Å². The highest BCUT2D eigenvalue weighted by atomic mass is 15.0. The summed E-state index contributed by atoms with van der Waals surface area (Å²) in [5.74, 6) is 0. The van der Waals surface area contributed by atoms with E-state index in [1.165, 1.54) is 22.2 Å². The third-order valence-corrected chi connectivity index (χ3v) is 3.29. The van der Waals surface area contributed by atoms with E-state index in [4.69, 9.17) is 5.73 Å². The van der Waals surface area contributed by atoms with Crippen molar-refractivity contribution in [2.24, 2.45) is 5.73 Å². The van der Waals surface area contributed by atoms with Gasteiger partial charge < -0.3 is 15.6 Å². The van der Waals surface area contributed by atoms with Gasteiger partial charge in [0.2, 0.25) is 0 Å². The smallest absolute Gasteiger partial charge is 0.0485 e. The van der Waals surface area contributed by atoms with Crippen LogP contribution in [0.25, 0.3) is 10.9 Å². The van der Waals surface area contributed by atoms with Crippen LogP contribution >= 0.6 is 0 Å². The van der Waals surface area contributed by atoms with Crippen molar-refractivity contribution in [3.05, 3.63) is 35.5 Å². The van der Waals surface area contributed by atoms with Gasteiger partial charge in [0, 0.05) is 35.7 Å². The second kappa shape index (κ2) is 5.55. The molecule has 98 valence electrons. The molecule has 0 aliphatic rings. The average molecular weight is 245 g/mol. The molecule has 3 nitrogen and oxygen atoms in total. The molecule has 0 fully saturated rings. The molecule has 0 radical (unpaired) electrons. The zero-order valence-corrected chi connectivity index (χ0v) is 11.5. The Morgan fingerprint density at radius 3 is 2.67 bits per heavy atom. The van der Waals surface area contributed by atoms with Gasteiger partial charge in [-0.3, -0.25) is 0 Å². The molecule has 2 rings (SSSR count). The summed E-state index contributed by atoms with van der Waals surface area (Å²) in [5.41, 5.74) is 9.54. The largest absolute Gasteiger partial charge is 0.341 e. The molecule has 1 heterocycles. The third kappa shape index (κ3) is 2.42. The second-order valence-corrected chi connectivity index (χ2v) is 4.98. The van der Waals surface area contributed by atoms with Crippen LogP contribution in [-0.4, -0.2) is 11.1 Å². The van der Waals surface area contributed by atoms with Gasteiger partial charge in [-0.2, -0.15) is 0 Å². The average Bonchev–Trinajstić information content (AvgIpc) is 2.73. The summed E-state index contributed by atoms with van der Waals surface area (Å²) in [7, 11) is 0. The van der Waals surface area contributed by atoms with Crippen LogP contribution in [0.2, 0.25) is 0 Å². The molecule has 3 heteroatoms. The van der Waals surface area contributed by atoms with Gasteiger partial charge in [-0.15, -0.1) is 0 Å². The molecular weight excluding hydrogens is 222 g/mol. The van der Waals surface area contributed by atoms with Crippen molar-refractivity contribution in [3.63, 3.8) is 0 Å². The molecule has 0 saturated heterocycles. The summed E-state index contributed by atoms with van der Waals surface area (Å²) in [5, 5.41) is 4.70. The number of hydrogen-bond donors (Lipinski definition) is 2. The van der Waals surface area contributed by atoms with Crippen molar-refractivity contribution in [1.82, 2.24) is 9.88 Å². The molecule has 0 unspecified atom stereocenters. The molecule has 3 N–H and O–H groups in total. The maximum Gasteiger partial charge on any atom is 0.0485 e. The summed E-state index contributed by atoms with van der Waals surface area (Å²) in [6.45, 7) is 9.10. The van der Waals surface area contributed by atoms with Crippen LogP contribution in [0.5, 0.6) is 0 Å². The van der Waals surface area contributed by atoms with E-state index in [1.54, 1.807) is 0 Å². The van der Waals surface area contributed by atoms with Gasteiger partial charge in [0.1, 0.15) is 0 Å². The van der Waals surface area contributed by atoms with Crippen LogP contribution in [0, 0.1) is 0 Å². The van der Waals surface area contributed by atoms with Gasteiger partial charge in [-0.25, -0.2) is 0 Å². The fraction of sp³-hybridized carbons (Fsp3) is 0.467. The van der Waals surface area contributed by atoms with Crippen LogP contribution in [-0.2, 0) is 13.1 Å². The van der Waals surface area contributed by atoms with Crippen molar-refractivity contribution in [1.29, 1.82) is 0 Å². The van der Waals surface area contributed by atoms with Gasteiger partial charge in [0.25, 0.3) is 0 Å². The summed E-state index contributed by atoms with van der Waals surface area (Å²) >= 11 is 0. The molecule has 18 heavy (non-hydrogen) atoms. The maximum atomic E-state index is 5.71. The van der Waals surface area contributed by atoms with E-state index in [0.717, 1.165) is 13.1 Å². The molecule has 1 aromatic carbocycles. The minimum Gasteiger partial charge on any atom is -0.341 e. The van der Waals surface area contributed by atoms with Crippen LogP contribution < -0.4 is 11.1 Å². The van der Waals surface area contributed by atoms with Crippen LogP contribution in [0.3, 0.4) is 0 Å². The fourth-order valence-electron chi connectivity index (χ4n) is 2.47. The molecule has 0 saturated carbocycles. The van der Waals surface area contributed by atoms with Crippen molar-refractivity contribution < 1.29 is 0 Å². The third-order valence-electron chi connectivity index (χ3n) is 3.29. The highest BCUT2D eigenvalue weighted by Gasteiger charge is 2.11. The number of rotatable bonds is 5. The predicted molar refractivity (Wildman–Crippen MR) is 77.6 cm³/mol. The first kappa shape index (κ1) is 13.1. The molecule has 0 bridgehead atoms. The number of benzene rings is 1. The summed E-state index contributed by atoms with van der Waals surface area (Å²) in [6, 6.07) is 9.26. The highest BCUT2D eigenvalue weighted by molar-refractivity contribution is 5.82. The fourth-order valence-corrected chi connectivity index (χ4v) is 2.47. The lowest BCUT2D eigenvalue weighted by atomic mass is 10.1. The summed E-state index contributed by atoms with van der Waals surface area (Å²) < 4.78 is 2.40. The molecular formula is C15H23N3. The van der Waals surface area contributed by atoms with Crippen molar-refractivity contribution >= 4 is 10.9 Å². The minimum atomic E-state index is 0.472. The first-order valence-electron chi connectivity index (χ1n) is 6.71. The lowest BCUT2D eigenvalue weighted by Crippen LogP contribution is -2.16. The standard InChI is InChI=1S/C15H23N3/c1-4-17-10-14-8-13-7-12(9-16)5-6-15(13)18(14)11(2)3/h5-8,11,17H,4,9-10,16H2,1-3H3. The van der Waals surface area contributed by atoms with E-state index in [9.17, 15) is 0 Å². The Hall–Kier alpha value is -1.32. The molecule has 0 aliphatic heterocycles. The van der Waals surface area contributed by atoms with Gasteiger partial charge >= 0.3 is 0 Å². The minimum absolute atomic E-state index is 0.472. The molecule has 0 spiro atoms. The van der Waals surface area contributed by atoms with Crippen LogP contribution in [0.15, 0.2) is 24.3 Å². The highest BCUT2D eigenvalue weighted by Crippen LogP contribution is 2.25. The van der Waals surface area contributed by atoms with E-state index in [-0.39, 0.29) is 0 Å². The molecule has 0 atom stereocenters. The van der Waals surface area contributed by atoms with E-state index < -0.39 is 0 Å². The van der Waals surface area contributed by atoms with E-state index in [1.807, 2.05) is 0 Å². The quantitative estimate of drug-likeness (QED) is 0.850. The molecule has 0 amide bonds. The van der Waals surface area contributed by atoms with Crippen molar-refractivity contribution in [3.8, 4) is 0 Å². The SMILES string of the molecule is CCNCc1cc2cc(CN)ccc2n1C(C)C. The lowest BCUT2D eigenvalue weighted by Gasteiger charge is -2.15. The number of aromatic nitrogens is 1. The Bertz CT molecular complexity index is 526. The first-order chi connectivity index (χ1) is 8.67. The van der Waals surface area contributed by atoms with Gasteiger partial charge in [-0.1, -0.05) is 13.0 Å². The van der Waals surface area contributed by atoms with Gasteiger partial charge in [0.15, 0.2) is 0 Å². The Balaban J connectivity index is 2.51. The number of nitrogens with one attached hydrogen (secondary N) is 1. The Morgan fingerprint density at radius 2 is 2.06 bits per heavy atom. The summed E-state index contributed by atoms with van der Waals surface area (Å²) in [4.78, 5) is 0. The van der Waals surface area contributed by atoms with E-state index in [2.05, 4.69) is 54.9 Å². The lowest BCUT2D eigenvalue weighted by molar-refractivity contribution is 0.572. The monoisotopic (exact) mass is 245 g/mol. The van der Waals surface area contributed by atoms with Crippen LogP contribution in [0.1, 0.15) is 38.1 Å². The molecule has 2 aromatic rings. The zero-order valence-electron chi connectivity index (χ0n) is 11.5. The topological polar surface area (TPSA) is 43.0 Å². The number of hydrogen-bond acceptors (Lipinski definition) is 2. The van der Waals surface area contributed by atoms with Gasteiger partial charge in [-0.05, 0) is 44.2 Å². The number of fused-ring (bicyclic) bond motifs is 1. The maximum absolute atomic E-state index is 5.71. The first-order valence-corrected chi connectivity index (χ1v) is 6.71. The second-order valence-electron chi connectivity index (χ2n) is 4.98.